The molecule has 0 aliphatic carbocycles. The summed E-state index contributed by atoms with van der Waals surface area (Å²) in [6.45, 7) is 6.52. The Balaban J connectivity index is 1.91. The first kappa shape index (κ1) is 16.6. The minimum absolute atomic E-state index is 0.229. The molecule has 1 saturated heterocycles. The molecule has 2 unspecified atom stereocenters. The zero-order valence-corrected chi connectivity index (χ0v) is 15.1. The molecule has 0 N–H and O–H groups in total. The lowest BCUT2D eigenvalue weighted by Crippen LogP contribution is -2.47. The summed E-state index contributed by atoms with van der Waals surface area (Å²) < 4.78 is 10.1. The highest BCUT2D eigenvalue weighted by atomic mass is 35.5. The molecule has 1 fully saturated rings. The zero-order chi connectivity index (χ0) is 16.6. The predicted octanol–water partition coefficient (Wildman–Crippen LogP) is 3.34. The van der Waals surface area contributed by atoms with Gasteiger partial charge in [0.05, 0.1) is 24.4 Å². The second-order valence-corrected chi connectivity index (χ2v) is 6.82. The second-order valence-electron chi connectivity index (χ2n) is 6.05. The molecular weight excluding hydrogens is 332 g/mol. The highest BCUT2D eigenvalue weighted by molar-refractivity contribution is 7.71. The van der Waals surface area contributed by atoms with Gasteiger partial charge in [0.2, 0.25) is 0 Å². The first-order chi connectivity index (χ1) is 11.0. The van der Waals surface area contributed by atoms with Crippen molar-refractivity contribution in [2.45, 2.75) is 32.7 Å². The van der Waals surface area contributed by atoms with Gasteiger partial charge in [-0.1, -0.05) is 23.7 Å². The normalized spacial score (nSPS) is 22.4. The van der Waals surface area contributed by atoms with Crippen molar-refractivity contribution >= 4 is 23.8 Å². The third-order valence-electron chi connectivity index (χ3n) is 4.21. The number of halogens is 1. The monoisotopic (exact) mass is 352 g/mol. The predicted molar refractivity (Wildman–Crippen MR) is 94.1 cm³/mol. The van der Waals surface area contributed by atoms with Gasteiger partial charge in [-0.05, 0) is 38.2 Å². The van der Waals surface area contributed by atoms with Crippen LogP contribution in [0.15, 0.2) is 24.3 Å². The first-order valence-electron chi connectivity index (χ1n) is 7.71. The highest BCUT2D eigenvalue weighted by Gasteiger charge is 2.24. The molecule has 2 atom stereocenters. The smallest absolute Gasteiger partial charge is 0.199 e. The topological polar surface area (TPSA) is 35.2 Å². The van der Waals surface area contributed by atoms with Crippen LogP contribution < -0.4 is 0 Å². The van der Waals surface area contributed by atoms with Gasteiger partial charge in [0.15, 0.2) is 10.6 Å². The van der Waals surface area contributed by atoms with Gasteiger partial charge in [-0.2, -0.15) is 5.10 Å². The van der Waals surface area contributed by atoms with Gasteiger partial charge in [0.25, 0.3) is 0 Å². The average Bonchev–Trinajstić information content (AvgIpc) is 2.80. The summed E-state index contributed by atoms with van der Waals surface area (Å²) in [4.78, 5) is 2.34. The summed E-state index contributed by atoms with van der Waals surface area (Å²) in [5.74, 6) is 0.787. The quantitative estimate of drug-likeness (QED) is 0.794. The number of hydrogen-bond acceptors (Lipinski definition) is 4. The molecule has 5 nitrogen and oxygen atoms in total. The Morgan fingerprint density at radius 2 is 2.09 bits per heavy atom. The van der Waals surface area contributed by atoms with E-state index in [9.17, 15) is 0 Å². The molecule has 0 spiro atoms. The fourth-order valence-corrected chi connectivity index (χ4v) is 3.20. The van der Waals surface area contributed by atoms with Gasteiger partial charge in [-0.15, -0.1) is 0 Å². The van der Waals surface area contributed by atoms with Gasteiger partial charge < -0.3 is 9.30 Å². The fourth-order valence-electron chi connectivity index (χ4n) is 2.80. The maximum Gasteiger partial charge on any atom is 0.199 e. The Hall–Kier alpha value is -1.21. The fraction of sp³-hybridized carbons (Fsp3) is 0.500. The van der Waals surface area contributed by atoms with E-state index < -0.39 is 0 Å². The molecule has 0 amide bonds. The van der Waals surface area contributed by atoms with Crippen molar-refractivity contribution in [3.05, 3.63) is 34.1 Å². The average molecular weight is 353 g/mol. The molecule has 124 valence electrons. The molecule has 1 aromatic carbocycles. The number of benzene rings is 1. The van der Waals surface area contributed by atoms with Gasteiger partial charge in [0, 0.05) is 25.2 Å². The van der Waals surface area contributed by atoms with E-state index in [-0.39, 0.29) is 6.10 Å². The van der Waals surface area contributed by atoms with Crippen molar-refractivity contribution in [2.24, 2.45) is 7.05 Å². The molecule has 1 aliphatic heterocycles. The Bertz CT molecular complexity index is 757. The number of ether oxygens (including phenoxy) is 1. The van der Waals surface area contributed by atoms with E-state index in [2.05, 4.69) is 18.7 Å². The van der Waals surface area contributed by atoms with Gasteiger partial charge >= 0.3 is 0 Å². The standard InChI is InChI=1S/C16H21ClN4OS/c1-11-9-22-12(2)8-20(11)10-21-16(23)19(3)15(18-21)13-6-4-5-7-14(13)17/h4-7,11-12H,8-10H2,1-3H3. The van der Waals surface area contributed by atoms with E-state index >= 15 is 0 Å². The van der Waals surface area contributed by atoms with Crippen LogP contribution in [0.25, 0.3) is 11.4 Å². The first-order valence-corrected chi connectivity index (χ1v) is 8.50. The molecule has 0 radical (unpaired) electrons. The Morgan fingerprint density at radius 1 is 1.35 bits per heavy atom. The van der Waals surface area contributed by atoms with Crippen LogP contribution in [0.3, 0.4) is 0 Å². The van der Waals surface area contributed by atoms with Gasteiger partial charge in [-0.25, -0.2) is 4.68 Å². The van der Waals surface area contributed by atoms with E-state index in [1.807, 2.05) is 40.6 Å². The minimum Gasteiger partial charge on any atom is -0.376 e. The maximum atomic E-state index is 6.30. The van der Waals surface area contributed by atoms with Crippen LogP contribution in [0.2, 0.25) is 5.02 Å². The third kappa shape index (κ3) is 3.35. The number of morpholine rings is 1. The largest absolute Gasteiger partial charge is 0.376 e. The number of aromatic nitrogens is 3. The summed E-state index contributed by atoms with van der Waals surface area (Å²) in [5, 5.41) is 5.38. The molecule has 23 heavy (non-hydrogen) atoms. The molecule has 0 bridgehead atoms. The molecule has 2 aromatic rings. The zero-order valence-electron chi connectivity index (χ0n) is 13.6. The van der Waals surface area contributed by atoms with Crippen molar-refractivity contribution in [1.29, 1.82) is 0 Å². The van der Waals surface area contributed by atoms with E-state index in [0.29, 0.717) is 22.5 Å². The molecule has 3 rings (SSSR count). The van der Waals surface area contributed by atoms with E-state index in [4.69, 9.17) is 33.7 Å². The van der Waals surface area contributed by atoms with Crippen LogP contribution in [0, 0.1) is 4.77 Å². The molecule has 1 aromatic heterocycles. The Morgan fingerprint density at radius 3 is 2.83 bits per heavy atom. The van der Waals surface area contributed by atoms with Crippen LogP contribution in [0.1, 0.15) is 13.8 Å². The second kappa shape index (κ2) is 6.73. The lowest BCUT2D eigenvalue weighted by Gasteiger charge is -2.36. The summed E-state index contributed by atoms with van der Waals surface area (Å²) in [6.07, 6.45) is 0.229. The molecule has 0 saturated carbocycles. The van der Waals surface area contributed by atoms with Crippen molar-refractivity contribution in [1.82, 2.24) is 19.2 Å². The molecule has 2 heterocycles. The lowest BCUT2D eigenvalue weighted by atomic mass is 10.2. The van der Waals surface area contributed by atoms with Gasteiger partial charge in [0.1, 0.15) is 0 Å². The van der Waals surface area contributed by atoms with Crippen molar-refractivity contribution in [2.75, 3.05) is 13.2 Å². The minimum atomic E-state index is 0.229. The SMILES string of the molecule is CC1CN(Cn2nc(-c3ccccc3Cl)n(C)c2=S)C(C)CO1. The number of hydrogen-bond donors (Lipinski definition) is 0. The van der Waals surface area contributed by atoms with Crippen LogP contribution >= 0.6 is 23.8 Å². The molecule has 1 aliphatic rings. The maximum absolute atomic E-state index is 6.30. The lowest BCUT2D eigenvalue weighted by molar-refractivity contribution is -0.0625. The van der Waals surface area contributed by atoms with E-state index in [0.717, 1.165) is 24.5 Å². The molecular formula is C16H21ClN4OS. The molecule has 7 heteroatoms. The highest BCUT2D eigenvalue weighted by Crippen LogP contribution is 2.26. The van der Waals surface area contributed by atoms with E-state index in [1.54, 1.807) is 0 Å². The van der Waals surface area contributed by atoms with Gasteiger partial charge in [-0.3, -0.25) is 4.90 Å². The van der Waals surface area contributed by atoms with Crippen molar-refractivity contribution in [3.8, 4) is 11.4 Å². The van der Waals surface area contributed by atoms with Crippen LogP contribution in [-0.4, -0.2) is 44.5 Å². The van der Waals surface area contributed by atoms with E-state index in [1.165, 1.54) is 0 Å². The number of rotatable bonds is 3. The van der Waals surface area contributed by atoms with Crippen molar-refractivity contribution < 1.29 is 4.74 Å². The summed E-state index contributed by atoms with van der Waals surface area (Å²) in [7, 11) is 1.93. The summed E-state index contributed by atoms with van der Waals surface area (Å²) in [5.41, 5.74) is 0.893. The van der Waals surface area contributed by atoms with Crippen LogP contribution in [0.4, 0.5) is 0 Å². The summed E-state index contributed by atoms with van der Waals surface area (Å²) in [6, 6.07) is 8.04. The summed E-state index contributed by atoms with van der Waals surface area (Å²) >= 11 is 11.9. The number of nitrogens with zero attached hydrogens (tertiary/aromatic N) is 4. The Kier molecular flexibility index (Phi) is 4.87. The third-order valence-corrected chi connectivity index (χ3v) is 5.02. The van der Waals surface area contributed by atoms with Crippen LogP contribution in [0.5, 0.6) is 0 Å². The Labute approximate surface area is 146 Å². The van der Waals surface area contributed by atoms with Crippen molar-refractivity contribution in [3.63, 3.8) is 0 Å². The van der Waals surface area contributed by atoms with Crippen LogP contribution in [-0.2, 0) is 18.5 Å².